The smallest absolute Gasteiger partial charge is 0.254 e. The molecular formula is C23H27N3O3. The summed E-state index contributed by atoms with van der Waals surface area (Å²) in [5.74, 6) is -0.432. The molecule has 2 aromatic carbocycles. The van der Waals surface area contributed by atoms with E-state index in [2.05, 4.69) is 5.32 Å². The van der Waals surface area contributed by atoms with Crippen LogP contribution in [-0.4, -0.2) is 42.8 Å². The maximum absolute atomic E-state index is 12.8. The normalized spacial score (nSPS) is 13.5. The Morgan fingerprint density at radius 1 is 1.10 bits per heavy atom. The third-order valence-electron chi connectivity index (χ3n) is 5.15. The molecule has 6 heteroatoms. The number of nitrogens with zero attached hydrogens (tertiary/aromatic N) is 2. The van der Waals surface area contributed by atoms with Gasteiger partial charge in [-0.05, 0) is 56.5 Å². The van der Waals surface area contributed by atoms with Crippen LogP contribution in [0.5, 0.6) is 0 Å². The Kier molecular flexibility index (Phi) is 6.01. The summed E-state index contributed by atoms with van der Waals surface area (Å²) in [5.41, 5.74) is 5.10. The highest BCUT2D eigenvalue weighted by Crippen LogP contribution is 2.23. The summed E-state index contributed by atoms with van der Waals surface area (Å²) in [5, 5.41) is 2.92. The maximum atomic E-state index is 12.8. The standard InChI is InChI=1S/C23H27N3O3/c1-15-11-16(2)22(17(3)12-15)24-20(27)14-25(4)23(29)18-7-5-8-19(13-18)26-10-6-9-21(26)28/h5,7-8,11-13H,6,9-10,14H2,1-4H3,(H,24,27). The molecule has 0 unspecified atom stereocenters. The van der Waals surface area contributed by atoms with Crippen LogP contribution in [-0.2, 0) is 9.59 Å². The van der Waals surface area contributed by atoms with Gasteiger partial charge in [0.1, 0.15) is 0 Å². The summed E-state index contributed by atoms with van der Waals surface area (Å²) >= 11 is 0. The van der Waals surface area contributed by atoms with Gasteiger partial charge in [-0.2, -0.15) is 0 Å². The van der Waals surface area contributed by atoms with Crippen molar-refractivity contribution in [3.63, 3.8) is 0 Å². The number of carbonyl (C=O) groups is 3. The first-order valence-corrected chi connectivity index (χ1v) is 9.80. The van der Waals surface area contributed by atoms with E-state index in [0.717, 1.165) is 34.5 Å². The number of anilines is 2. The van der Waals surface area contributed by atoms with E-state index in [0.29, 0.717) is 18.5 Å². The maximum Gasteiger partial charge on any atom is 0.254 e. The van der Waals surface area contributed by atoms with Crippen molar-refractivity contribution < 1.29 is 14.4 Å². The molecule has 3 rings (SSSR count). The summed E-state index contributed by atoms with van der Waals surface area (Å²) < 4.78 is 0. The number of amides is 3. The van der Waals surface area contributed by atoms with Crippen molar-refractivity contribution >= 4 is 29.1 Å². The van der Waals surface area contributed by atoms with Gasteiger partial charge in [-0.3, -0.25) is 14.4 Å². The SMILES string of the molecule is Cc1cc(C)c(NC(=O)CN(C)C(=O)c2cccc(N3CCCC3=O)c2)c(C)c1. The quantitative estimate of drug-likeness (QED) is 0.846. The molecule has 6 nitrogen and oxygen atoms in total. The van der Waals surface area contributed by atoms with Gasteiger partial charge in [0, 0.05) is 37.0 Å². The lowest BCUT2D eigenvalue weighted by Crippen LogP contribution is -2.35. The van der Waals surface area contributed by atoms with Crippen molar-refractivity contribution in [3.05, 3.63) is 58.7 Å². The first kappa shape index (κ1) is 20.6. The van der Waals surface area contributed by atoms with E-state index in [-0.39, 0.29) is 24.3 Å². The topological polar surface area (TPSA) is 69.7 Å². The minimum atomic E-state index is -0.258. The summed E-state index contributed by atoms with van der Waals surface area (Å²) in [6.07, 6.45) is 1.37. The van der Waals surface area contributed by atoms with E-state index in [1.807, 2.05) is 39.0 Å². The van der Waals surface area contributed by atoms with Crippen LogP contribution in [0.1, 0.15) is 39.9 Å². The van der Waals surface area contributed by atoms with E-state index in [1.165, 1.54) is 4.90 Å². The molecule has 0 bridgehead atoms. The van der Waals surface area contributed by atoms with E-state index >= 15 is 0 Å². The number of benzene rings is 2. The zero-order valence-electron chi connectivity index (χ0n) is 17.4. The summed E-state index contributed by atoms with van der Waals surface area (Å²) in [7, 11) is 1.60. The molecule has 2 aromatic rings. The van der Waals surface area contributed by atoms with E-state index in [1.54, 1.807) is 30.1 Å². The van der Waals surface area contributed by atoms with Crippen molar-refractivity contribution in [2.75, 3.05) is 30.4 Å². The molecule has 0 aliphatic carbocycles. The van der Waals surface area contributed by atoms with E-state index in [4.69, 9.17) is 0 Å². The predicted octanol–water partition coefficient (Wildman–Crippen LogP) is 3.45. The van der Waals surface area contributed by atoms with Gasteiger partial charge in [0.25, 0.3) is 5.91 Å². The summed E-state index contributed by atoms with van der Waals surface area (Å²) in [4.78, 5) is 40.4. The fraction of sp³-hybridized carbons (Fsp3) is 0.348. The number of hydrogen-bond donors (Lipinski definition) is 1. The van der Waals surface area contributed by atoms with Crippen molar-refractivity contribution in [1.29, 1.82) is 0 Å². The van der Waals surface area contributed by atoms with Crippen LogP contribution < -0.4 is 10.2 Å². The number of aryl methyl sites for hydroxylation is 3. The molecule has 1 fully saturated rings. The molecule has 1 aliphatic rings. The number of rotatable bonds is 5. The van der Waals surface area contributed by atoms with Crippen molar-refractivity contribution in [2.24, 2.45) is 0 Å². The molecule has 0 saturated carbocycles. The van der Waals surface area contributed by atoms with Crippen LogP contribution >= 0.6 is 0 Å². The van der Waals surface area contributed by atoms with E-state index < -0.39 is 0 Å². The average Bonchev–Trinajstić information content (AvgIpc) is 3.10. The molecule has 3 amide bonds. The van der Waals surface area contributed by atoms with Crippen LogP contribution in [0.3, 0.4) is 0 Å². The van der Waals surface area contributed by atoms with Gasteiger partial charge < -0.3 is 15.1 Å². The molecule has 0 radical (unpaired) electrons. The molecule has 1 heterocycles. The fourth-order valence-corrected chi connectivity index (χ4v) is 3.79. The van der Waals surface area contributed by atoms with Crippen molar-refractivity contribution in [3.8, 4) is 0 Å². The number of carbonyl (C=O) groups excluding carboxylic acids is 3. The zero-order valence-corrected chi connectivity index (χ0v) is 17.4. The minimum Gasteiger partial charge on any atom is -0.332 e. The van der Waals surface area contributed by atoms with Crippen LogP contribution in [0.25, 0.3) is 0 Å². The van der Waals surface area contributed by atoms with Gasteiger partial charge in [-0.1, -0.05) is 23.8 Å². The van der Waals surface area contributed by atoms with Crippen molar-refractivity contribution in [1.82, 2.24) is 4.90 Å². The van der Waals surface area contributed by atoms with Gasteiger partial charge >= 0.3 is 0 Å². The lowest BCUT2D eigenvalue weighted by molar-refractivity contribution is -0.117. The third-order valence-corrected chi connectivity index (χ3v) is 5.15. The average molecular weight is 393 g/mol. The molecule has 0 atom stereocenters. The van der Waals surface area contributed by atoms with Gasteiger partial charge in [0.15, 0.2) is 0 Å². The second-order valence-corrected chi connectivity index (χ2v) is 7.68. The number of likely N-dealkylation sites (N-methyl/N-ethyl adjacent to an activating group) is 1. The Morgan fingerprint density at radius 3 is 2.41 bits per heavy atom. The number of hydrogen-bond acceptors (Lipinski definition) is 3. The van der Waals surface area contributed by atoms with Gasteiger partial charge in [-0.15, -0.1) is 0 Å². The zero-order chi connectivity index (χ0) is 21.1. The lowest BCUT2D eigenvalue weighted by atomic mass is 10.1. The molecule has 0 aromatic heterocycles. The molecule has 29 heavy (non-hydrogen) atoms. The Bertz CT molecular complexity index is 945. The Morgan fingerprint density at radius 2 is 1.79 bits per heavy atom. The molecular weight excluding hydrogens is 366 g/mol. The molecule has 1 aliphatic heterocycles. The first-order chi connectivity index (χ1) is 13.8. The predicted molar refractivity (Wildman–Crippen MR) is 114 cm³/mol. The third kappa shape index (κ3) is 4.65. The highest BCUT2D eigenvalue weighted by atomic mass is 16.2. The number of nitrogens with one attached hydrogen (secondary N) is 1. The van der Waals surface area contributed by atoms with Crippen molar-refractivity contribution in [2.45, 2.75) is 33.6 Å². The Labute approximate surface area is 171 Å². The fourth-order valence-electron chi connectivity index (χ4n) is 3.79. The Hall–Kier alpha value is -3.15. The molecule has 1 N–H and O–H groups in total. The lowest BCUT2D eigenvalue weighted by Gasteiger charge is -2.20. The van der Waals surface area contributed by atoms with Gasteiger partial charge in [0.2, 0.25) is 11.8 Å². The second kappa shape index (κ2) is 8.47. The highest BCUT2D eigenvalue weighted by molar-refractivity contribution is 6.01. The van der Waals surface area contributed by atoms with Crippen LogP contribution in [0, 0.1) is 20.8 Å². The Balaban J connectivity index is 1.68. The molecule has 152 valence electrons. The van der Waals surface area contributed by atoms with Gasteiger partial charge in [-0.25, -0.2) is 0 Å². The summed E-state index contributed by atoms with van der Waals surface area (Å²) in [6, 6.07) is 11.0. The van der Waals surface area contributed by atoms with Crippen LogP contribution in [0.4, 0.5) is 11.4 Å². The molecule has 1 saturated heterocycles. The molecule has 0 spiro atoms. The van der Waals surface area contributed by atoms with Crippen LogP contribution in [0.15, 0.2) is 36.4 Å². The van der Waals surface area contributed by atoms with Gasteiger partial charge in [0.05, 0.1) is 6.54 Å². The first-order valence-electron chi connectivity index (χ1n) is 9.80. The summed E-state index contributed by atoms with van der Waals surface area (Å²) in [6.45, 7) is 6.54. The van der Waals surface area contributed by atoms with E-state index in [9.17, 15) is 14.4 Å². The largest absolute Gasteiger partial charge is 0.332 e. The second-order valence-electron chi connectivity index (χ2n) is 7.68. The minimum absolute atomic E-state index is 0.0571. The monoisotopic (exact) mass is 393 g/mol. The van der Waals surface area contributed by atoms with Crippen LogP contribution in [0.2, 0.25) is 0 Å². The highest BCUT2D eigenvalue weighted by Gasteiger charge is 2.23.